The molecule has 7 nitrogen and oxygen atoms in total. The molecule has 1 fully saturated rings. The van der Waals surface area contributed by atoms with Crippen LogP contribution >= 0.6 is 0 Å². The molecule has 2 rings (SSSR count). The fourth-order valence-corrected chi connectivity index (χ4v) is 1.91. The second kappa shape index (κ2) is 5.13. The van der Waals surface area contributed by atoms with E-state index in [4.69, 9.17) is 4.52 Å². The van der Waals surface area contributed by atoms with Crippen LogP contribution in [0.25, 0.3) is 0 Å². The van der Waals surface area contributed by atoms with Gasteiger partial charge in [0.2, 0.25) is 5.27 Å². The van der Waals surface area contributed by atoms with Crippen LogP contribution in [0.1, 0.15) is 31.9 Å². The summed E-state index contributed by atoms with van der Waals surface area (Å²) in [6.07, 6.45) is 3.38. The molecule has 0 radical (unpaired) electrons. The van der Waals surface area contributed by atoms with Crippen LogP contribution in [0.15, 0.2) is 9.52 Å². The van der Waals surface area contributed by atoms with E-state index in [1.165, 1.54) is 18.1 Å². The zero-order valence-electron chi connectivity index (χ0n) is 9.80. The van der Waals surface area contributed by atoms with Crippen molar-refractivity contribution in [3.8, 4) is 0 Å². The lowest BCUT2D eigenvalue weighted by atomic mass is 10.2. The van der Waals surface area contributed by atoms with E-state index in [0.717, 1.165) is 25.9 Å². The number of nitrogens with zero attached hydrogens (tertiary/aromatic N) is 4. The van der Waals surface area contributed by atoms with E-state index in [9.17, 15) is 10.2 Å². The fourth-order valence-electron chi connectivity index (χ4n) is 1.91. The van der Waals surface area contributed by atoms with Crippen molar-refractivity contribution in [2.45, 2.75) is 32.8 Å². The normalized spacial score (nSPS) is 17.5. The van der Waals surface area contributed by atoms with Gasteiger partial charge in [0, 0.05) is 0 Å². The summed E-state index contributed by atoms with van der Waals surface area (Å²) in [5.74, 6) is -0.285. The van der Waals surface area contributed by atoms with Crippen molar-refractivity contribution in [2.75, 3.05) is 18.1 Å². The minimum absolute atomic E-state index is 0.0885. The third-order valence-corrected chi connectivity index (χ3v) is 2.70. The van der Waals surface area contributed by atoms with Crippen molar-refractivity contribution in [3.05, 3.63) is 5.69 Å². The average molecular weight is 240 g/mol. The second-order valence-corrected chi connectivity index (χ2v) is 4.02. The van der Waals surface area contributed by atoms with Gasteiger partial charge in [0.15, 0.2) is 0 Å². The molecule has 1 N–H and O–H groups in total. The van der Waals surface area contributed by atoms with Gasteiger partial charge in [-0.15, -0.1) is 0 Å². The van der Waals surface area contributed by atoms with Gasteiger partial charge < -0.3 is 10.2 Å². The first-order valence-electron chi connectivity index (χ1n) is 5.71. The zero-order valence-corrected chi connectivity index (χ0v) is 9.80. The average Bonchev–Trinajstić information content (AvgIpc) is 2.72. The summed E-state index contributed by atoms with van der Waals surface area (Å²) in [5, 5.41) is 26.0. The molecule has 2 heterocycles. The number of aliphatic hydroxyl groups excluding tert-OH is 1. The Morgan fingerprint density at radius 1 is 1.53 bits per heavy atom. The minimum atomic E-state index is -0.373. The monoisotopic (exact) mass is 240 g/mol. The van der Waals surface area contributed by atoms with Crippen molar-refractivity contribution >= 4 is 11.8 Å². The molecular formula is C10H16N4O3. The molecule has 0 atom stereocenters. The number of aliphatic imine (C=N–C) groups is 1. The molecule has 0 amide bonds. The van der Waals surface area contributed by atoms with Crippen molar-refractivity contribution in [2.24, 2.45) is 4.99 Å². The van der Waals surface area contributed by atoms with Crippen molar-refractivity contribution in [1.29, 1.82) is 0 Å². The molecule has 0 aliphatic carbocycles. The van der Waals surface area contributed by atoms with Gasteiger partial charge in [0.05, 0.1) is 17.9 Å². The first-order chi connectivity index (χ1) is 8.22. The largest absolute Gasteiger partial charge is 0.862 e. The van der Waals surface area contributed by atoms with Crippen LogP contribution in [0.5, 0.6) is 0 Å². The molecule has 1 saturated heterocycles. The van der Waals surface area contributed by atoms with E-state index in [2.05, 4.69) is 10.3 Å². The smallest absolute Gasteiger partial charge is 0.335 e. The van der Waals surface area contributed by atoms with E-state index in [-0.39, 0.29) is 18.4 Å². The quantitative estimate of drug-likeness (QED) is 0.415. The first kappa shape index (κ1) is 11.8. The number of rotatable bonds is 3. The van der Waals surface area contributed by atoms with Crippen LogP contribution in [0.4, 0.5) is 5.88 Å². The molecule has 94 valence electrons. The standard InChI is InChI=1S/C10H16N4O3/c1-8(16)11-10-9(7-15)14(12-17-10)13-5-3-2-4-6-13/h15H,2-7H2,1H3. The summed E-state index contributed by atoms with van der Waals surface area (Å²) < 4.78 is 4.97. The van der Waals surface area contributed by atoms with Gasteiger partial charge >= 0.3 is 11.6 Å². The Morgan fingerprint density at radius 2 is 2.24 bits per heavy atom. The lowest BCUT2D eigenvalue weighted by Crippen LogP contribution is -2.62. The summed E-state index contributed by atoms with van der Waals surface area (Å²) in [6, 6.07) is 0. The number of hydrogen-bond donors (Lipinski definition) is 1. The van der Waals surface area contributed by atoms with Gasteiger partial charge in [-0.25, -0.2) is 4.99 Å². The Hall–Kier alpha value is -1.63. The van der Waals surface area contributed by atoms with Crippen molar-refractivity contribution in [3.63, 3.8) is 0 Å². The van der Waals surface area contributed by atoms with E-state index in [0.29, 0.717) is 5.69 Å². The fraction of sp³-hybridized carbons (Fsp3) is 0.700. The Labute approximate surface area is 98.9 Å². The maximum atomic E-state index is 10.9. The Bertz CT molecular complexity index is 406. The first-order valence-corrected chi connectivity index (χ1v) is 5.71. The van der Waals surface area contributed by atoms with Crippen LogP contribution in [0.3, 0.4) is 0 Å². The molecule has 7 heteroatoms. The van der Waals surface area contributed by atoms with E-state index in [1.54, 1.807) is 0 Å². The van der Waals surface area contributed by atoms with Crippen LogP contribution in [-0.4, -0.2) is 29.4 Å². The van der Waals surface area contributed by atoms with Crippen LogP contribution < -0.4 is 14.9 Å². The van der Waals surface area contributed by atoms with Gasteiger partial charge in [-0.3, -0.25) is 4.52 Å². The minimum Gasteiger partial charge on any atom is -0.862 e. The van der Waals surface area contributed by atoms with Crippen LogP contribution in [-0.2, 0) is 6.61 Å². The summed E-state index contributed by atoms with van der Waals surface area (Å²) in [6.45, 7) is 2.80. The van der Waals surface area contributed by atoms with Gasteiger partial charge in [-0.05, 0) is 32.1 Å². The molecule has 0 bridgehead atoms. The highest BCUT2D eigenvalue weighted by Gasteiger charge is 2.30. The molecule has 1 aliphatic heterocycles. The summed E-state index contributed by atoms with van der Waals surface area (Å²) in [7, 11) is 0. The van der Waals surface area contributed by atoms with Gasteiger partial charge in [-0.2, -0.15) is 5.01 Å². The molecule has 0 aromatic carbocycles. The second-order valence-electron chi connectivity index (χ2n) is 4.02. The van der Waals surface area contributed by atoms with E-state index < -0.39 is 0 Å². The number of hydrogen-bond acceptors (Lipinski definition) is 6. The van der Waals surface area contributed by atoms with Crippen molar-refractivity contribution < 1.29 is 19.5 Å². The summed E-state index contributed by atoms with van der Waals surface area (Å²) >= 11 is 0. The molecule has 0 unspecified atom stereocenters. The predicted molar refractivity (Wildman–Crippen MR) is 57.2 cm³/mol. The Kier molecular flexibility index (Phi) is 3.58. The zero-order chi connectivity index (χ0) is 12.3. The predicted octanol–water partition coefficient (Wildman–Crippen LogP) is -1.01. The third-order valence-electron chi connectivity index (χ3n) is 2.70. The van der Waals surface area contributed by atoms with E-state index in [1.807, 2.05) is 5.01 Å². The summed E-state index contributed by atoms with van der Waals surface area (Å²) in [4.78, 5) is 5.18. The topological polar surface area (TPSA) is 88.8 Å². The molecule has 1 aromatic rings. The lowest BCUT2D eigenvalue weighted by molar-refractivity contribution is -0.766. The highest BCUT2D eigenvalue weighted by molar-refractivity contribution is 5.71. The number of aliphatic hydroxyl groups is 1. The highest BCUT2D eigenvalue weighted by Crippen LogP contribution is 2.15. The highest BCUT2D eigenvalue weighted by atomic mass is 16.5. The lowest BCUT2D eigenvalue weighted by Gasteiger charge is -2.18. The number of aromatic nitrogens is 2. The Morgan fingerprint density at radius 3 is 2.82 bits per heavy atom. The third kappa shape index (κ3) is 2.55. The van der Waals surface area contributed by atoms with Gasteiger partial charge in [0.1, 0.15) is 6.61 Å². The van der Waals surface area contributed by atoms with Crippen LogP contribution in [0.2, 0.25) is 0 Å². The molecular weight excluding hydrogens is 224 g/mol. The maximum Gasteiger partial charge on any atom is 0.335 e. The SMILES string of the molecule is C/C([O-])=N\c1on[n+](N2CCCCC2)c1CO. The molecule has 0 saturated carbocycles. The van der Waals surface area contributed by atoms with Gasteiger partial charge in [0.25, 0.3) is 0 Å². The van der Waals surface area contributed by atoms with E-state index >= 15 is 0 Å². The van der Waals surface area contributed by atoms with Gasteiger partial charge in [-0.1, -0.05) is 0 Å². The Balaban J connectivity index is 2.27. The number of piperidine rings is 1. The molecule has 1 aromatic heterocycles. The molecule has 0 spiro atoms. The molecule has 17 heavy (non-hydrogen) atoms. The maximum absolute atomic E-state index is 10.9. The molecule has 1 aliphatic rings. The van der Waals surface area contributed by atoms with Crippen molar-refractivity contribution in [1.82, 2.24) is 5.27 Å². The summed E-state index contributed by atoms with van der Waals surface area (Å²) in [5.41, 5.74) is 0.419. The van der Waals surface area contributed by atoms with Crippen LogP contribution in [0, 0.1) is 0 Å².